The second-order valence-corrected chi connectivity index (χ2v) is 8.00. The molecule has 1 aliphatic carbocycles. The Hall–Kier alpha value is -2.17. The molecule has 2 atom stereocenters. The first-order valence-corrected chi connectivity index (χ1v) is 10.8. The summed E-state index contributed by atoms with van der Waals surface area (Å²) >= 11 is 0. The number of para-hydroxylation sites is 1. The molecule has 2 rings (SSSR count). The van der Waals surface area contributed by atoms with Crippen LogP contribution in [0.3, 0.4) is 0 Å². The maximum atomic E-state index is 4.90. The average Bonchev–Trinajstić information content (AvgIpc) is 2.70. The van der Waals surface area contributed by atoms with Crippen LogP contribution in [0.25, 0.3) is 0 Å². The van der Waals surface area contributed by atoms with E-state index < -0.39 is 0 Å². The van der Waals surface area contributed by atoms with Crippen molar-refractivity contribution in [2.75, 3.05) is 25.5 Å². The number of aryl methyl sites for hydroxylation is 1. The third kappa shape index (κ3) is 8.00. The monoisotopic (exact) mass is 394 g/mol. The number of anilines is 1. The van der Waals surface area contributed by atoms with E-state index in [0.717, 1.165) is 31.6 Å². The molecule has 0 aliphatic heterocycles. The van der Waals surface area contributed by atoms with Crippen LogP contribution in [-0.4, -0.2) is 38.1 Å². The van der Waals surface area contributed by atoms with Gasteiger partial charge < -0.3 is 10.6 Å². The molecule has 0 saturated carbocycles. The van der Waals surface area contributed by atoms with E-state index in [1.165, 1.54) is 16.8 Å². The Morgan fingerprint density at radius 3 is 2.55 bits per heavy atom. The topological polar surface area (TPSA) is 48.5 Å². The molecule has 1 aliphatic rings. The molecule has 0 heterocycles. The van der Waals surface area contributed by atoms with Crippen LogP contribution in [0.4, 0.5) is 5.69 Å². The van der Waals surface area contributed by atoms with Crippen molar-refractivity contribution in [3.63, 3.8) is 0 Å². The maximum absolute atomic E-state index is 4.90. The van der Waals surface area contributed by atoms with Gasteiger partial charge in [0, 0.05) is 24.8 Å². The molecule has 3 N–H and O–H groups in total. The Morgan fingerprint density at radius 1 is 1.07 bits per heavy atom. The van der Waals surface area contributed by atoms with Gasteiger partial charge in [-0.05, 0) is 62.9 Å². The third-order valence-corrected chi connectivity index (χ3v) is 5.28. The molecule has 4 nitrogen and oxygen atoms in total. The van der Waals surface area contributed by atoms with Crippen molar-refractivity contribution >= 4 is 11.4 Å². The predicted octanol–water partition coefficient (Wildman–Crippen LogP) is 4.86. The quantitative estimate of drug-likeness (QED) is 0.470. The van der Waals surface area contributed by atoms with Gasteiger partial charge in [-0.25, -0.2) is 0 Å². The van der Waals surface area contributed by atoms with Gasteiger partial charge in [0.1, 0.15) is 0 Å². The largest absolute Gasteiger partial charge is 0.385 e. The first kappa shape index (κ1) is 23.1. The zero-order valence-corrected chi connectivity index (χ0v) is 18.7. The standard InChI is InChI=1S/C25H38N4/c1-19(2)25(26-5)18-28-21(4)29-24-16-9-7-13-22(24)14-10-11-17-27-23-15-8-6-12-20(23)3/h6-9,12-16,19,21,25-28H,10-11,17-18H2,1-5H3/b22-14-,29-24-. The lowest BCUT2D eigenvalue weighted by molar-refractivity contribution is 0.386. The molecule has 0 saturated heterocycles. The fourth-order valence-electron chi connectivity index (χ4n) is 3.35. The fourth-order valence-corrected chi connectivity index (χ4v) is 3.35. The summed E-state index contributed by atoms with van der Waals surface area (Å²) in [5, 5.41) is 10.4. The summed E-state index contributed by atoms with van der Waals surface area (Å²) in [5.41, 5.74) is 4.79. The predicted molar refractivity (Wildman–Crippen MR) is 128 cm³/mol. The summed E-state index contributed by atoms with van der Waals surface area (Å²) in [6, 6.07) is 8.89. The Bertz CT molecular complexity index is 743. The molecule has 4 heteroatoms. The second-order valence-electron chi connectivity index (χ2n) is 8.00. The lowest BCUT2D eigenvalue weighted by atomic mass is 10.0. The number of unbranched alkanes of at least 4 members (excludes halogenated alkanes) is 1. The van der Waals surface area contributed by atoms with Gasteiger partial charge in [-0.15, -0.1) is 0 Å². The molecule has 158 valence electrons. The molecule has 1 aromatic carbocycles. The summed E-state index contributed by atoms with van der Waals surface area (Å²) in [6.07, 6.45) is 12.9. The van der Waals surface area contributed by atoms with Crippen LogP contribution in [0.5, 0.6) is 0 Å². The minimum absolute atomic E-state index is 0.0851. The van der Waals surface area contributed by atoms with Gasteiger partial charge in [0.15, 0.2) is 0 Å². The smallest absolute Gasteiger partial charge is 0.0973 e. The third-order valence-electron chi connectivity index (χ3n) is 5.28. The van der Waals surface area contributed by atoms with Crippen molar-refractivity contribution in [3.8, 4) is 0 Å². The van der Waals surface area contributed by atoms with E-state index in [1.54, 1.807) is 0 Å². The van der Waals surface area contributed by atoms with Crippen molar-refractivity contribution in [3.05, 3.63) is 65.8 Å². The van der Waals surface area contributed by atoms with E-state index >= 15 is 0 Å². The number of nitrogens with zero attached hydrogens (tertiary/aromatic N) is 1. The molecule has 0 spiro atoms. The molecule has 0 fully saturated rings. The van der Waals surface area contributed by atoms with Crippen LogP contribution >= 0.6 is 0 Å². The Kier molecular flexibility index (Phi) is 9.89. The SMILES string of the molecule is CNC(CNC(C)/N=C1/C=CC=C/C1=C/CCCNc1ccccc1C)C(C)C. The van der Waals surface area contributed by atoms with Crippen molar-refractivity contribution in [1.82, 2.24) is 10.6 Å². The van der Waals surface area contributed by atoms with E-state index in [-0.39, 0.29) is 6.17 Å². The first-order valence-electron chi connectivity index (χ1n) is 10.8. The van der Waals surface area contributed by atoms with Gasteiger partial charge in [-0.1, -0.05) is 56.4 Å². The highest BCUT2D eigenvalue weighted by atomic mass is 15.1. The van der Waals surface area contributed by atoms with Crippen molar-refractivity contribution in [2.45, 2.75) is 52.7 Å². The van der Waals surface area contributed by atoms with Gasteiger partial charge in [0.05, 0.1) is 11.9 Å². The summed E-state index contributed by atoms with van der Waals surface area (Å²) in [7, 11) is 2.02. The van der Waals surface area contributed by atoms with E-state index in [9.17, 15) is 0 Å². The van der Waals surface area contributed by atoms with Crippen LogP contribution in [0.2, 0.25) is 0 Å². The van der Waals surface area contributed by atoms with Gasteiger partial charge in [-0.3, -0.25) is 10.3 Å². The van der Waals surface area contributed by atoms with E-state index in [0.29, 0.717) is 12.0 Å². The maximum Gasteiger partial charge on any atom is 0.0973 e. The zero-order valence-electron chi connectivity index (χ0n) is 18.7. The molecule has 0 amide bonds. The summed E-state index contributed by atoms with van der Waals surface area (Å²) in [6.45, 7) is 10.6. The van der Waals surface area contributed by atoms with Crippen LogP contribution in [-0.2, 0) is 0 Å². The van der Waals surface area contributed by atoms with Crippen molar-refractivity contribution in [1.29, 1.82) is 0 Å². The molecular formula is C25H38N4. The van der Waals surface area contributed by atoms with Gasteiger partial charge >= 0.3 is 0 Å². The molecule has 0 bridgehead atoms. The normalized spacial score (nSPS) is 18.6. The van der Waals surface area contributed by atoms with Crippen LogP contribution in [0.1, 0.15) is 39.2 Å². The average molecular weight is 395 g/mol. The Labute approximate surface area is 177 Å². The van der Waals surface area contributed by atoms with E-state index in [4.69, 9.17) is 4.99 Å². The molecular weight excluding hydrogens is 356 g/mol. The Morgan fingerprint density at radius 2 is 1.83 bits per heavy atom. The van der Waals surface area contributed by atoms with Gasteiger partial charge in [0.2, 0.25) is 0 Å². The highest BCUT2D eigenvalue weighted by molar-refractivity contribution is 6.11. The lowest BCUT2D eigenvalue weighted by Gasteiger charge is -2.22. The molecule has 29 heavy (non-hydrogen) atoms. The molecule has 0 radical (unpaired) electrons. The summed E-state index contributed by atoms with van der Waals surface area (Å²) < 4.78 is 0. The van der Waals surface area contributed by atoms with Gasteiger partial charge in [0.25, 0.3) is 0 Å². The number of likely N-dealkylation sites (N-methyl/N-ethyl adjacent to an activating group) is 1. The van der Waals surface area contributed by atoms with E-state index in [1.807, 2.05) is 7.05 Å². The van der Waals surface area contributed by atoms with Gasteiger partial charge in [-0.2, -0.15) is 0 Å². The highest BCUT2D eigenvalue weighted by Gasteiger charge is 2.12. The fraction of sp³-hybridized carbons (Fsp3) is 0.480. The highest BCUT2D eigenvalue weighted by Crippen LogP contribution is 2.14. The number of allylic oxidation sites excluding steroid dienone is 6. The Balaban J connectivity index is 1.84. The number of hydrogen-bond acceptors (Lipinski definition) is 4. The number of rotatable bonds is 11. The molecule has 1 aromatic rings. The number of nitrogens with one attached hydrogen (secondary N) is 3. The first-order chi connectivity index (χ1) is 14.0. The van der Waals surface area contributed by atoms with Crippen LogP contribution in [0.15, 0.2) is 65.2 Å². The van der Waals surface area contributed by atoms with Crippen LogP contribution in [0, 0.1) is 12.8 Å². The number of hydrogen-bond donors (Lipinski definition) is 3. The minimum Gasteiger partial charge on any atom is -0.385 e. The lowest BCUT2D eigenvalue weighted by Crippen LogP contribution is -2.43. The number of aliphatic imine (C=N–C) groups is 1. The summed E-state index contributed by atoms with van der Waals surface area (Å²) in [5.74, 6) is 0.591. The van der Waals surface area contributed by atoms with E-state index in [2.05, 4.69) is 98.3 Å². The zero-order chi connectivity index (χ0) is 21.1. The molecule has 2 unspecified atom stereocenters. The van der Waals surface area contributed by atoms with Crippen molar-refractivity contribution in [2.24, 2.45) is 10.9 Å². The van der Waals surface area contributed by atoms with Crippen molar-refractivity contribution < 1.29 is 0 Å². The minimum atomic E-state index is 0.0851. The number of benzene rings is 1. The molecule has 0 aromatic heterocycles. The summed E-state index contributed by atoms with van der Waals surface area (Å²) in [4.78, 5) is 4.90. The van der Waals surface area contributed by atoms with Crippen LogP contribution < -0.4 is 16.0 Å². The second kappa shape index (κ2) is 12.4.